The Kier molecular flexibility index (Phi) is 4.35. The van der Waals surface area contributed by atoms with E-state index in [1.165, 1.54) is 12.8 Å². The normalized spacial score (nSPS) is 16.6. The number of aromatic nitrogens is 1. The molecule has 4 nitrogen and oxygen atoms in total. The van der Waals surface area contributed by atoms with Crippen molar-refractivity contribution in [1.29, 1.82) is 0 Å². The number of thiazole rings is 1. The average molecular weight is 268 g/mol. The van der Waals surface area contributed by atoms with E-state index in [-0.39, 0.29) is 6.42 Å². The maximum absolute atomic E-state index is 10.9. The third kappa shape index (κ3) is 3.29. The Balaban J connectivity index is 2.13. The second kappa shape index (κ2) is 5.80. The number of rotatable bonds is 5. The van der Waals surface area contributed by atoms with Gasteiger partial charge < -0.3 is 5.11 Å². The Morgan fingerprint density at radius 3 is 2.67 bits per heavy atom. The van der Waals surface area contributed by atoms with Gasteiger partial charge in [0.1, 0.15) is 5.01 Å². The Bertz CT molecular complexity index is 423. The Morgan fingerprint density at radius 1 is 1.44 bits per heavy atom. The van der Waals surface area contributed by atoms with Gasteiger partial charge in [-0.05, 0) is 31.8 Å². The van der Waals surface area contributed by atoms with Crippen molar-refractivity contribution in [2.24, 2.45) is 0 Å². The summed E-state index contributed by atoms with van der Waals surface area (Å²) >= 11 is 1.57. The molecular formula is C13H20N2O2S. The molecule has 1 aliphatic heterocycles. The van der Waals surface area contributed by atoms with Crippen LogP contribution in [0.25, 0.3) is 0 Å². The summed E-state index contributed by atoms with van der Waals surface area (Å²) in [4.78, 5) is 18.8. The molecule has 2 heterocycles. The lowest BCUT2D eigenvalue weighted by Crippen LogP contribution is -2.18. The number of nitrogens with zero attached hydrogens (tertiary/aromatic N) is 2. The topological polar surface area (TPSA) is 53.4 Å². The van der Waals surface area contributed by atoms with Crippen LogP contribution in [0, 0.1) is 0 Å². The fourth-order valence-electron chi connectivity index (χ4n) is 2.33. The molecule has 0 amide bonds. The Hall–Kier alpha value is -0.940. The van der Waals surface area contributed by atoms with Crippen LogP contribution in [-0.2, 0) is 17.8 Å². The zero-order valence-electron chi connectivity index (χ0n) is 11.0. The van der Waals surface area contributed by atoms with E-state index in [1.54, 1.807) is 11.3 Å². The average Bonchev–Trinajstić information content (AvgIpc) is 2.87. The number of hydrogen-bond donors (Lipinski definition) is 1. The quantitative estimate of drug-likeness (QED) is 0.891. The molecule has 1 aromatic rings. The molecule has 1 N–H and O–H groups in total. The molecule has 1 aliphatic rings. The molecule has 0 aliphatic carbocycles. The van der Waals surface area contributed by atoms with Crippen LogP contribution in [0.5, 0.6) is 0 Å². The lowest BCUT2D eigenvalue weighted by Gasteiger charge is -2.11. The summed E-state index contributed by atoms with van der Waals surface area (Å²) in [5.41, 5.74) is 0.969. The molecule has 0 saturated carbocycles. The van der Waals surface area contributed by atoms with Crippen LogP contribution in [0.1, 0.15) is 48.2 Å². The highest BCUT2D eigenvalue weighted by atomic mass is 32.1. The van der Waals surface area contributed by atoms with E-state index >= 15 is 0 Å². The van der Waals surface area contributed by atoms with E-state index in [0.29, 0.717) is 5.92 Å². The van der Waals surface area contributed by atoms with Crippen molar-refractivity contribution in [2.45, 2.75) is 45.6 Å². The van der Waals surface area contributed by atoms with Gasteiger partial charge in [-0.25, -0.2) is 4.98 Å². The van der Waals surface area contributed by atoms with E-state index in [2.05, 4.69) is 23.7 Å². The number of likely N-dealkylation sites (tertiary alicyclic amines) is 1. The number of carboxylic acids is 1. The molecule has 1 saturated heterocycles. The van der Waals surface area contributed by atoms with E-state index in [1.807, 2.05) is 0 Å². The minimum Gasteiger partial charge on any atom is -0.481 e. The van der Waals surface area contributed by atoms with Gasteiger partial charge in [0.05, 0.1) is 18.7 Å². The number of aliphatic carboxylic acids is 1. The van der Waals surface area contributed by atoms with E-state index in [4.69, 9.17) is 5.11 Å². The molecule has 0 radical (unpaired) electrons. The van der Waals surface area contributed by atoms with E-state index < -0.39 is 5.97 Å². The fourth-order valence-corrected chi connectivity index (χ4v) is 3.59. The molecule has 0 aromatic carbocycles. The largest absolute Gasteiger partial charge is 0.481 e. The molecule has 2 rings (SSSR count). The van der Waals surface area contributed by atoms with Crippen molar-refractivity contribution in [3.05, 3.63) is 15.6 Å². The van der Waals surface area contributed by atoms with Crippen molar-refractivity contribution >= 4 is 17.3 Å². The maximum Gasteiger partial charge on any atom is 0.308 e. The Morgan fingerprint density at radius 2 is 2.11 bits per heavy atom. The highest BCUT2D eigenvalue weighted by Gasteiger charge is 2.19. The summed E-state index contributed by atoms with van der Waals surface area (Å²) in [6.07, 6.45) is 2.64. The highest BCUT2D eigenvalue weighted by molar-refractivity contribution is 7.11. The standard InChI is InChI=1S/C13H20N2O2S/c1-9(2)13-10(7-12(16)17)18-11(14-13)8-15-5-3-4-6-15/h9H,3-8H2,1-2H3,(H,16,17). The molecule has 0 atom stereocenters. The van der Waals surface area contributed by atoms with Gasteiger partial charge in [-0.2, -0.15) is 0 Å². The lowest BCUT2D eigenvalue weighted by atomic mass is 10.1. The van der Waals surface area contributed by atoms with Gasteiger partial charge in [-0.15, -0.1) is 11.3 Å². The first-order valence-corrected chi connectivity index (χ1v) is 7.30. The second-order valence-electron chi connectivity index (χ2n) is 5.12. The van der Waals surface area contributed by atoms with Crippen LogP contribution in [0.4, 0.5) is 0 Å². The Labute approximate surface area is 112 Å². The van der Waals surface area contributed by atoms with Crippen LogP contribution in [0.3, 0.4) is 0 Å². The number of carboxylic acid groups (broad SMARTS) is 1. The summed E-state index contributed by atoms with van der Waals surface area (Å²) in [7, 11) is 0. The predicted octanol–water partition coefficient (Wildman–Crippen LogP) is 2.49. The second-order valence-corrected chi connectivity index (χ2v) is 6.29. The molecule has 18 heavy (non-hydrogen) atoms. The first-order chi connectivity index (χ1) is 8.56. The van der Waals surface area contributed by atoms with Crippen LogP contribution < -0.4 is 0 Å². The highest BCUT2D eigenvalue weighted by Crippen LogP contribution is 2.27. The van der Waals surface area contributed by atoms with Crippen molar-refractivity contribution in [3.63, 3.8) is 0 Å². The van der Waals surface area contributed by atoms with Crippen molar-refractivity contribution in [1.82, 2.24) is 9.88 Å². The van der Waals surface area contributed by atoms with Crippen LogP contribution in [0.15, 0.2) is 0 Å². The zero-order chi connectivity index (χ0) is 13.1. The van der Waals surface area contributed by atoms with Gasteiger partial charge in [-0.1, -0.05) is 13.8 Å². The van der Waals surface area contributed by atoms with Gasteiger partial charge >= 0.3 is 5.97 Å². The summed E-state index contributed by atoms with van der Waals surface area (Å²) in [5, 5.41) is 10.0. The molecule has 0 bridgehead atoms. The third-order valence-electron chi connectivity index (χ3n) is 3.19. The van der Waals surface area contributed by atoms with Gasteiger partial charge in [0, 0.05) is 4.88 Å². The summed E-state index contributed by atoms with van der Waals surface area (Å²) in [5.74, 6) is -0.476. The van der Waals surface area contributed by atoms with Crippen LogP contribution in [-0.4, -0.2) is 34.0 Å². The third-order valence-corrected chi connectivity index (χ3v) is 4.24. The molecule has 5 heteroatoms. The summed E-state index contributed by atoms with van der Waals surface area (Å²) < 4.78 is 0. The van der Waals surface area contributed by atoms with Gasteiger partial charge in [0.2, 0.25) is 0 Å². The number of hydrogen-bond acceptors (Lipinski definition) is 4. The van der Waals surface area contributed by atoms with Gasteiger partial charge in [0.15, 0.2) is 0 Å². The monoisotopic (exact) mass is 268 g/mol. The molecular weight excluding hydrogens is 248 g/mol. The minimum atomic E-state index is -0.770. The van der Waals surface area contributed by atoms with Crippen molar-refractivity contribution in [3.8, 4) is 0 Å². The number of carbonyl (C=O) groups is 1. The molecule has 0 unspecified atom stereocenters. The maximum atomic E-state index is 10.9. The van der Waals surface area contributed by atoms with E-state index in [0.717, 1.165) is 35.2 Å². The lowest BCUT2D eigenvalue weighted by molar-refractivity contribution is -0.136. The molecule has 0 spiro atoms. The SMILES string of the molecule is CC(C)c1nc(CN2CCCC2)sc1CC(=O)O. The van der Waals surface area contributed by atoms with Crippen LogP contribution in [0.2, 0.25) is 0 Å². The van der Waals surface area contributed by atoms with Gasteiger partial charge in [-0.3, -0.25) is 9.69 Å². The minimum absolute atomic E-state index is 0.102. The van der Waals surface area contributed by atoms with Crippen molar-refractivity contribution < 1.29 is 9.90 Å². The van der Waals surface area contributed by atoms with Crippen molar-refractivity contribution in [2.75, 3.05) is 13.1 Å². The molecule has 100 valence electrons. The first kappa shape index (κ1) is 13.5. The van der Waals surface area contributed by atoms with E-state index in [9.17, 15) is 4.79 Å². The fraction of sp³-hybridized carbons (Fsp3) is 0.692. The van der Waals surface area contributed by atoms with Crippen LogP contribution >= 0.6 is 11.3 Å². The first-order valence-electron chi connectivity index (χ1n) is 6.49. The zero-order valence-corrected chi connectivity index (χ0v) is 11.8. The van der Waals surface area contributed by atoms with Gasteiger partial charge in [0.25, 0.3) is 0 Å². The predicted molar refractivity (Wildman–Crippen MR) is 72.1 cm³/mol. The summed E-state index contributed by atoms with van der Waals surface area (Å²) in [6.45, 7) is 7.31. The molecule has 1 aromatic heterocycles. The summed E-state index contributed by atoms with van der Waals surface area (Å²) in [6, 6.07) is 0. The smallest absolute Gasteiger partial charge is 0.308 e. The molecule has 1 fully saturated rings.